The number of benzene rings is 1. The first-order chi connectivity index (χ1) is 9.26. The van der Waals surface area contributed by atoms with Crippen molar-refractivity contribution in [3.8, 4) is 23.0 Å². The molecule has 0 aromatic heterocycles. The van der Waals surface area contributed by atoms with E-state index < -0.39 is 0 Å². The highest BCUT2D eigenvalue weighted by Crippen LogP contribution is 2.40. The molecule has 0 spiro atoms. The summed E-state index contributed by atoms with van der Waals surface area (Å²) in [5.41, 5.74) is 0. The Morgan fingerprint density at radius 1 is 1.00 bits per heavy atom. The van der Waals surface area contributed by atoms with E-state index in [0.717, 1.165) is 19.5 Å². The van der Waals surface area contributed by atoms with E-state index >= 15 is 0 Å². The predicted molar refractivity (Wildman–Crippen MR) is 74.8 cm³/mol. The molecule has 0 saturated carbocycles. The number of rotatable bonds is 9. The molecule has 0 bridgehead atoms. The van der Waals surface area contributed by atoms with E-state index in [1.54, 1.807) is 33.5 Å². The first kappa shape index (κ1) is 15.4. The summed E-state index contributed by atoms with van der Waals surface area (Å²) in [5.74, 6) is 2.49. The molecular formula is C14H23NO4. The topological polar surface area (TPSA) is 49.0 Å². The molecule has 0 aliphatic heterocycles. The van der Waals surface area contributed by atoms with Crippen LogP contribution in [0.4, 0.5) is 0 Å². The molecule has 1 aromatic carbocycles. The Morgan fingerprint density at radius 3 is 2.11 bits per heavy atom. The van der Waals surface area contributed by atoms with Gasteiger partial charge in [0, 0.05) is 12.1 Å². The van der Waals surface area contributed by atoms with Crippen LogP contribution in [0.2, 0.25) is 0 Å². The minimum absolute atomic E-state index is 0.574. The van der Waals surface area contributed by atoms with Gasteiger partial charge in [-0.2, -0.15) is 0 Å². The average molecular weight is 269 g/mol. The zero-order valence-electron chi connectivity index (χ0n) is 12.1. The Morgan fingerprint density at radius 2 is 1.63 bits per heavy atom. The summed E-state index contributed by atoms with van der Waals surface area (Å²) in [4.78, 5) is 0. The molecule has 0 heterocycles. The lowest BCUT2D eigenvalue weighted by Crippen LogP contribution is -2.16. The zero-order chi connectivity index (χ0) is 14.1. The molecule has 1 N–H and O–H groups in total. The maximum Gasteiger partial charge on any atom is 0.203 e. The van der Waals surface area contributed by atoms with E-state index in [1.165, 1.54) is 0 Å². The Balaban J connectivity index is 2.68. The van der Waals surface area contributed by atoms with Crippen molar-refractivity contribution in [2.24, 2.45) is 0 Å². The number of ether oxygens (including phenoxy) is 4. The van der Waals surface area contributed by atoms with E-state index in [4.69, 9.17) is 18.9 Å². The second-order valence-electron chi connectivity index (χ2n) is 3.92. The molecule has 5 nitrogen and oxygen atoms in total. The maximum absolute atomic E-state index is 5.68. The number of hydrogen-bond donors (Lipinski definition) is 1. The van der Waals surface area contributed by atoms with Gasteiger partial charge >= 0.3 is 0 Å². The summed E-state index contributed by atoms with van der Waals surface area (Å²) in [7, 11) is 4.76. The summed E-state index contributed by atoms with van der Waals surface area (Å²) in [6.45, 7) is 4.65. The van der Waals surface area contributed by atoms with Crippen molar-refractivity contribution in [3.63, 3.8) is 0 Å². The van der Waals surface area contributed by atoms with E-state index in [1.807, 2.05) is 0 Å². The Hall–Kier alpha value is -1.62. The highest BCUT2D eigenvalue weighted by molar-refractivity contribution is 5.55. The molecule has 0 amide bonds. The molecule has 0 fully saturated rings. The number of nitrogens with one attached hydrogen (secondary N) is 1. The van der Waals surface area contributed by atoms with E-state index in [0.29, 0.717) is 29.6 Å². The van der Waals surface area contributed by atoms with Crippen molar-refractivity contribution < 1.29 is 18.9 Å². The van der Waals surface area contributed by atoms with Crippen molar-refractivity contribution in [1.29, 1.82) is 0 Å². The fraction of sp³-hybridized carbons (Fsp3) is 0.571. The van der Waals surface area contributed by atoms with E-state index in [2.05, 4.69) is 12.2 Å². The van der Waals surface area contributed by atoms with Gasteiger partial charge in [-0.25, -0.2) is 0 Å². The van der Waals surface area contributed by atoms with Crippen LogP contribution >= 0.6 is 0 Å². The molecule has 1 aromatic rings. The van der Waals surface area contributed by atoms with Gasteiger partial charge in [0.2, 0.25) is 5.75 Å². The SMILES string of the molecule is CCNCCCOc1cc(OC)c(OC)c(OC)c1. The monoisotopic (exact) mass is 269 g/mol. The molecule has 0 aliphatic carbocycles. The van der Waals surface area contributed by atoms with Crippen LogP contribution in [0, 0.1) is 0 Å². The van der Waals surface area contributed by atoms with E-state index in [9.17, 15) is 0 Å². The molecule has 0 saturated heterocycles. The molecule has 1 rings (SSSR count). The summed E-state index contributed by atoms with van der Waals surface area (Å²) in [6.07, 6.45) is 0.949. The van der Waals surface area contributed by atoms with Crippen LogP contribution in [0.15, 0.2) is 12.1 Å². The molecule has 0 atom stereocenters. The quantitative estimate of drug-likeness (QED) is 0.696. The Kier molecular flexibility index (Phi) is 6.89. The number of hydrogen-bond acceptors (Lipinski definition) is 5. The van der Waals surface area contributed by atoms with Crippen molar-refractivity contribution in [2.75, 3.05) is 41.0 Å². The van der Waals surface area contributed by atoms with Gasteiger partial charge in [-0.3, -0.25) is 0 Å². The minimum Gasteiger partial charge on any atom is -0.493 e. The van der Waals surface area contributed by atoms with E-state index in [-0.39, 0.29) is 0 Å². The third-order valence-corrected chi connectivity index (χ3v) is 2.65. The fourth-order valence-electron chi connectivity index (χ4n) is 1.70. The molecule has 0 aliphatic rings. The Bertz CT molecular complexity index is 357. The van der Waals surface area contributed by atoms with Gasteiger partial charge in [-0.1, -0.05) is 6.92 Å². The standard InChI is InChI=1S/C14H23NO4/c1-5-15-7-6-8-19-11-9-12(16-2)14(18-4)13(10-11)17-3/h9-10,15H,5-8H2,1-4H3. The van der Waals surface area contributed by atoms with Gasteiger partial charge in [-0.05, 0) is 19.5 Å². The summed E-state index contributed by atoms with van der Waals surface area (Å²) in [6, 6.07) is 3.60. The van der Waals surface area contributed by atoms with Gasteiger partial charge < -0.3 is 24.3 Å². The summed E-state index contributed by atoms with van der Waals surface area (Å²) >= 11 is 0. The first-order valence-electron chi connectivity index (χ1n) is 6.40. The smallest absolute Gasteiger partial charge is 0.203 e. The second kappa shape index (κ2) is 8.48. The van der Waals surface area contributed by atoms with Gasteiger partial charge in [0.05, 0.1) is 27.9 Å². The van der Waals surface area contributed by atoms with Crippen LogP contribution in [0.25, 0.3) is 0 Å². The third-order valence-electron chi connectivity index (χ3n) is 2.65. The average Bonchev–Trinajstić information content (AvgIpc) is 2.45. The molecule has 0 radical (unpaired) electrons. The molecule has 19 heavy (non-hydrogen) atoms. The molecule has 5 heteroatoms. The van der Waals surface area contributed by atoms with Gasteiger partial charge in [0.15, 0.2) is 11.5 Å². The first-order valence-corrected chi connectivity index (χ1v) is 6.40. The lowest BCUT2D eigenvalue weighted by Gasteiger charge is -2.14. The van der Waals surface area contributed by atoms with Crippen LogP contribution in [0.1, 0.15) is 13.3 Å². The maximum atomic E-state index is 5.68. The van der Waals surface area contributed by atoms with Crippen LogP contribution in [0.5, 0.6) is 23.0 Å². The summed E-state index contributed by atoms with van der Waals surface area (Å²) < 4.78 is 21.5. The van der Waals surface area contributed by atoms with Crippen LogP contribution < -0.4 is 24.3 Å². The van der Waals surface area contributed by atoms with Crippen LogP contribution in [-0.4, -0.2) is 41.0 Å². The zero-order valence-corrected chi connectivity index (χ0v) is 12.1. The van der Waals surface area contributed by atoms with Crippen LogP contribution in [-0.2, 0) is 0 Å². The normalized spacial score (nSPS) is 10.1. The van der Waals surface area contributed by atoms with Crippen molar-refractivity contribution in [1.82, 2.24) is 5.32 Å². The lowest BCUT2D eigenvalue weighted by atomic mass is 10.2. The molecular weight excluding hydrogens is 246 g/mol. The summed E-state index contributed by atoms with van der Waals surface area (Å²) in [5, 5.41) is 3.25. The Labute approximate surface area is 114 Å². The third kappa shape index (κ3) is 4.52. The minimum atomic E-state index is 0.574. The van der Waals surface area contributed by atoms with Gasteiger partial charge in [0.25, 0.3) is 0 Å². The van der Waals surface area contributed by atoms with Gasteiger partial charge in [-0.15, -0.1) is 0 Å². The molecule has 0 unspecified atom stereocenters. The fourth-order valence-corrected chi connectivity index (χ4v) is 1.70. The highest BCUT2D eigenvalue weighted by atomic mass is 16.5. The van der Waals surface area contributed by atoms with Crippen molar-refractivity contribution in [2.45, 2.75) is 13.3 Å². The van der Waals surface area contributed by atoms with Crippen molar-refractivity contribution >= 4 is 0 Å². The van der Waals surface area contributed by atoms with Gasteiger partial charge in [0.1, 0.15) is 5.75 Å². The van der Waals surface area contributed by atoms with Crippen LogP contribution in [0.3, 0.4) is 0 Å². The number of methoxy groups -OCH3 is 3. The molecule has 108 valence electrons. The largest absolute Gasteiger partial charge is 0.493 e. The lowest BCUT2D eigenvalue weighted by molar-refractivity contribution is 0.294. The highest BCUT2D eigenvalue weighted by Gasteiger charge is 2.13. The predicted octanol–water partition coefficient (Wildman–Crippen LogP) is 2.09. The van der Waals surface area contributed by atoms with Crippen molar-refractivity contribution in [3.05, 3.63) is 12.1 Å². The second-order valence-corrected chi connectivity index (χ2v) is 3.92.